The van der Waals surface area contributed by atoms with Gasteiger partial charge in [0.15, 0.2) is 11.5 Å². The lowest BCUT2D eigenvalue weighted by atomic mass is 10.0. The van der Waals surface area contributed by atoms with Crippen LogP contribution in [0.4, 0.5) is 5.69 Å². The first-order valence-electron chi connectivity index (χ1n) is 11.0. The van der Waals surface area contributed by atoms with Crippen LogP contribution in [-0.2, 0) is 19.6 Å². The topological polar surface area (TPSA) is 122 Å². The average molecular weight is 511 g/mol. The summed E-state index contributed by atoms with van der Waals surface area (Å²) in [6, 6.07) is 7.76. The highest BCUT2D eigenvalue weighted by Gasteiger charge is 2.30. The fourth-order valence-electron chi connectivity index (χ4n) is 3.82. The molecular formula is C23H30N2O7S2. The number of methoxy groups -OCH3 is 1. The van der Waals surface area contributed by atoms with Crippen molar-refractivity contribution in [3.63, 3.8) is 0 Å². The number of ether oxygens (including phenoxy) is 2. The van der Waals surface area contributed by atoms with E-state index in [0.29, 0.717) is 31.5 Å². The number of sulfonamides is 1. The lowest BCUT2D eigenvalue weighted by Crippen LogP contribution is -2.44. The molecule has 0 saturated carbocycles. The molecule has 2 aromatic rings. The highest BCUT2D eigenvalue weighted by Crippen LogP contribution is 2.42. The number of carbonyl (C=O) groups is 2. The van der Waals surface area contributed by atoms with Crippen molar-refractivity contribution >= 4 is 39.0 Å². The number of carbonyl (C=O) groups excluding carboxylic acids is 1. The number of aromatic carboxylic acids is 1. The van der Waals surface area contributed by atoms with Gasteiger partial charge in [0, 0.05) is 35.3 Å². The summed E-state index contributed by atoms with van der Waals surface area (Å²) in [5.41, 5.74) is 2.32. The van der Waals surface area contributed by atoms with Gasteiger partial charge in [-0.15, -0.1) is 11.3 Å². The zero-order valence-corrected chi connectivity index (χ0v) is 21.3. The number of hydrogen-bond acceptors (Lipinski definition) is 8. The quantitative estimate of drug-likeness (QED) is 0.491. The number of benzene rings is 1. The number of thiophene rings is 1. The molecule has 0 spiro atoms. The Morgan fingerprint density at radius 3 is 2.53 bits per heavy atom. The summed E-state index contributed by atoms with van der Waals surface area (Å²) in [6.07, 6.45) is 1.39. The maximum atomic E-state index is 12.4. The van der Waals surface area contributed by atoms with Gasteiger partial charge in [0.1, 0.15) is 5.75 Å². The molecule has 2 heterocycles. The molecule has 0 amide bonds. The Balaban J connectivity index is 1.76. The molecule has 1 aromatic heterocycles. The lowest BCUT2D eigenvalue weighted by Gasteiger charge is -2.33. The minimum Gasteiger partial charge on any atom is -0.480 e. The van der Waals surface area contributed by atoms with Gasteiger partial charge in [-0.25, -0.2) is 22.3 Å². The summed E-state index contributed by atoms with van der Waals surface area (Å²) in [5, 5.41) is 12.7. The first kappa shape index (κ1) is 26.0. The van der Waals surface area contributed by atoms with E-state index in [1.54, 1.807) is 25.1 Å². The maximum absolute atomic E-state index is 12.4. The number of carboxylic acid groups (broad SMARTS) is 1. The molecule has 3 rings (SSSR count). The van der Waals surface area contributed by atoms with Crippen LogP contribution in [0.2, 0.25) is 0 Å². The Morgan fingerprint density at radius 1 is 1.26 bits per heavy atom. The Bertz CT molecular complexity index is 1150. The molecule has 11 heteroatoms. The molecule has 34 heavy (non-hydrogen) atoms. The van der Waals surface area contributed by atoms with E-state index in [1.807, 2.05) is 24.3 Å². The molecule has 186 valence electrons. The van der Waals surface area contributed by atoms with Crippen LogP contribution < -0.4 is 10.1 Å². The maximum Gasteiger partial charge on any atom is 0.349 e. The predicted molar refractivity (Wildman–Crippen MR) is 131 cm³/mol. The van der Waals surface area contributed by atoms with Gasteiger partial charge in [0.25, 0.3) is 0 Å². The molecule has 1 saturated heterocycles. The molecule has 0 atom stereocenters. The zero-order valence-electron chi connectivity index (χ0n) is 19.7. The first-order chi connectivity index (χ1) is 16.0. The molecule has 1 aromatic carbocycles. The molecule has 0 aliphatic carbocycles. The summed E-state index contributed by atoms with van der Waals surface area (Å²) in [6.45, 7) is 5.73. The molecule has 0 unspecified atom stereocenters. The van der Waals surface area contributed by atoms with Gasteiger partial charge in [-0.05, 0) is 51.3 Å². The summed E-state index contributed by atoms with van der Waals surface area (Å²) in [4.78, 5) is 24.0. The predicted octanol–water partition coefficient (Wildman–Crippen LogP) is 3.59. The minimum atomic E-state index is -3.25. The third kappa shape index (κ3) is 5.70. The Kier molecular flexibility index (Phi) is 8.21. The highest BCUT2D eigenvalue weighted by atomic mass is 32.2. The number of anilines is 1. The van der Waals surface area contributed by atoms with E-state index in [0.717, 1.165) is 27.5 Å². The average Bonchev–Trinajstić information content (AvgIpc) is 3.14. The number of hydrogen-bond donors (Lipinski definition) is 2. The Hall–Kier alpha value is -2.63. The SMILES string of the molecule is COC(=O)COc1c(C(=O)O)sc(-c2cccc(NC3CCN(S(=O)(=O)C(C)C)CC3)c2)c1C. The van der Waals surface area contributed by atoms with Gasteiger partial charge >= 0.3 is 11.9 Å². The van der Waals surface area contributed by atoms with E-state index in [9.17, 15) is 23.1 Å². The lowest BCUT2D eigenvalue weighted by molar-refractivity contribution is -0.142. The van der Waals surface area contributed by atoms with Crippen molar-refractivity contribution in [1.29, 1.82) is 0 Å². The molecule has 1 aliphatic heterocycles. The number of piperidine rings is 1. The Morgan fingerprint density at radius 2 is 1.94 bits per heavy atom. The number of carboxylic acids is 1. The van der Waals surface area contributed by atoms with Crippen molar-refractivity contribution in [2.75, 3.05) is 32.1 Å². The van der Waals surface area contributed by atoms with E-state index in [2.05, 4.69) is 10.1 Å². The van der Waals surface area contributed by atoms with Gasteiger partial charge in [0.2, 0.25) is 10.0 Å². The van der Waals surface area contributed by atoms with Crippen LogP contribution >= 0.6 is 11.3 Å². The van der Waals surface area contributed by atoms with E-state index in [-0.39, 0.29) is 23.3 Å². The van der Waals surface area contributed by atoms with Crippen LogP contribution in [0, 0.1) is 6.92 Å². The van der Waals surface area contributed by atoms with Gasteiger partial charge in [0.05, 0.1) is 12.4 Å². The van der Waals surface area contributed by atoms with Gasteiger partial charge in [-0.1, -0.05) is 12.1 Å². The molecule has 1 aliphatic rings. The van der Waals surface area contributed by atoms with Crippen LogP contribution in [-0.4, -0.2) is 67.9 Å². The summed E-state index contributed by atoms with van der Waals surface area (Å²) in [7, 11) is -2.01. The van der Waals surface area contributed by atoms with Crippen molar-refractivity contribution in [1.82, 2.24) is 4.31 Å². The van der Waals surface area contributed by atoms with Crippen molar-refractivity contribution in [3.8, 4) is 16.2 Å². The molecule has 0 radical (unpaired) electrons. The van der Waals surface area contributed by atoms with Crippen molar-refractivity contribution < 1.29 is 32.6 Å². The summed E-state index contributed by atoms with van der Waals surface area (Å²) < 4.78 is 36.4. The monoisotopic (exact) mass is 510 g/mol. The molecular weight excluding hydrogens is 480 g/mol. The fourth-order valence-corrected chi connectivity index (χ4v) is 6.22. The standard InChI is InChI=1S/C23H30N2O7S2/c1-14(2)34(29,30)25-10-8-17(9-11-25)24-18-7-5-6-16(12-18)21-15(3)20(22(33-21)23(27)28)32-13-19(26)31-4/h5-7,12,14,17,24H,8-11,13H2,1-4H3,(H,27,28). The van der Waals surface area contributed by atoms with Crippen molar-refractivity contribution in [2.24, 2.45) is 0 Å². The van der Waals surface area contributed by atoms with Crippen molar-refractivity contribution in [2.45, 2.75) is 44.9 Å². The number of nitrogens with zero attached hydrogens (tertiary/aromatic N) is 1. The number of rotatable bonds is 9. The van der Waals surface area contributed by atoms with Crippen LogP contribution in [0.1, 0.15) is 41.9 Å². The normalized spacial score (nSPS) is 15.3. The van der Waals surface area contributed by atoms with Crippen LogP contribution in [0.3, 0.4) is 0 Å². The van der Waals surface area contributed by atoms with Gasteiger partial charge in [-0.3, -0.25) is 0 Å². The molecule has 9 nitrogen and oxygen atoms in total. The third-order valence-electron chi connectivity index (χ3n) is 5.75. The Labute approximate surface area is 203 Å². The largest absolute Gasteiger partial charge is 0.480 e. The van der Waals surface area contributed by atoms with Gasteiger partial charge < -0.3 is 19.9 Å². The fraction of sp³-hybridized carbons (Fsp3) is 0.478. The summed E-state index contributed by atoms with van der Waals surface area (Å²) >= 11 is 1.09. The second-order valence-electron chi connectivity index (χ2n) is 8.38. The highest BCUT2D eigenvalue weighted by molar-refractivity contribution is 7.89. The first-order valence-corrected chi connectivity index (χ1v) is 13.3. The number of esters is 1. The van der Waals surface area contributed by atoms with E-state index >= 15 is 0 Å². The van der Waals surface area contributed by atoms with E-state index < -0.39 is 27.2 Å². The van der Waals surface area contributed by atoms with Gasteiger partial charge in [-0.2, -0.15) is 0 Å². The van der Waals surface area contributed by atoms with Crippen LogP contribution in [0.25, 0.3) is 10.4 Å². The zero-order chi connectivity index (χ0) is 25.0. The third-order valence-corrected chi connectivity index (χ3v) is 9.34. The van der Waals surface area contributed by atoms with Crippen molar-refractivity contribution in [3.05, 3.63) is 34.7 Å². The van der Waals surface area contributed by atoms with E-state index in [4.69, 9.17) is 4.74 Å². The molecule has 1 fully saturated rings. The van der Waals surface area contributed by atoms with E-state index in [1.165, 1.54) is 7.11 Å². The van der Waals surface area contributed by atoms with Crippen LogP contribution in [0.15, 0.2) is 24.3 Å². The minimum absolute atomic E-state index is 0.0218. The number of nitrogens with one attached hydrogen (secondary N) is 1. The van der Waals surface area contributed by atoms with Crippen LogP contribution in [0.5, 0.6) is 5.75 Å². The second kappa shape index (κ2) is 10.7. The summed E-state index contributed by atoms with van der Waals surface area (Å²) in [5.74, 6) is -1.56. The molecule has 0 bridgehead atoms. The molecule has 2 N–H and O–H groups in total. The second-order valence-corrected chi connectivity index (χ2v) is 11.9. The smallest absolute Gasteiger partial charge is 0.349 e.